The number of halogens is 1. The number of aromatic nitrogens is 3. The third-order valence-corrected chi connectivity index (χ3v) is 2.73. The predicted octanol–water partition coefficient (Wildman–Crippen LogP) is 1.09. The molecule has 1 N–H and O–H groups in total. The lowest BCUT2D eigenvalue weighted by Crippen LogP contribution is -2.21. The maximum Gasteiger partial charge on any atom is 0.345 e. The van der Waals surface area contributed by atoms with Crippen molar-refractivity contribution in [3.8, 4) is 0 Å². The molecule has 0 atom stereocenters. The van der Waals surface area contributed by atoms with E-state index in [9.17, 15) is 9.59 Å². The Morgan fingerprint density at radius 2 is 2.35 bits per heavy atom. The van der Waals surface area contributed by atoms with Gasteiger partial charge in [-0.1, -0.05) is 11.6 Å². The number of aromatic amines is 1. The highest BCUT2D eigenvalue weighted by Gasteiger charge is 2.20. The molecule has 0 aliphatic carbocycles. The number of carbonyl (C=O) groups excluding carboxylic acids is 1. The van der Waals surface area contributed by atoms with Gasteiger partial charge in [0.05, 0.1) is 23.2 Å². The SMILES string of the molecule is CCOC(=O)c1c(Cl)c2cnn(C)c2[nH]c1=O. The summed E-state index contributed by atoms with van der Waals surface area (Å²) in [7, 11) is 1.67. The van der Waals surface area contributed by atoms with Crippen molar-refractivity contribution >= 4 is 28.6 Å². The number of rotatable bonds is 2. The molecule has 7 heteroatoms. The molecule has 0 radical (unpaired) electrons. The van der Waals surface area contributed by atoms with Crippen LogP contribution in [0.2, 0.25) is 5.02 Å². The Balaban J connectivity index is 2.73. The zero-order chi connectivity index (χ0) is 12.6. The third-order valence-electron chi connectivity index (χ3n) is 2.33. The first-order valence-corrected chi connectivity index (χ1v) is 5.34. The number of aryl methyl sites for hydroxylation is 1. The summed E-state index contributed by atoms with van der Waals surface area (Å²) in [6.07, 6.45) is 1.48. The van der Waals surface area contributed by atoms with Crippen LogP contribution in [0.15, 0.2) is 11.0 Å². The Morgan fingerprint density at radius 1 is 1.65 bits per heavy atom. The predicted molar refractivity (Wildman–Crippen MR) is 62.3 cm³/mol. The third kappa shape index (κ3) is 1.80. The van der Waals surface area contributed by atoms with Gasteiger partial charge < -0.3 is 9.72 Å². The van der Waals surface area contributed by atoms with Crippen LogP contribution in [0.5, 0.6) is 0 Å². The van der Waals surface area contributed by atoms with Crippen molar-refractivity contribution in [1.82, 2.24) is 14.8 Å². The van der Waals surface area contributed by atoms with E-state index >= 15 is 0 Å². The molecule has 0 amide bonds. The highest BCUT2D eigenvalue weighted by atomic mass is 35.5. The summed E-state index contributed by atoms with van der Waals surface area (Å²) in [5.41, 5.74) is -0.299. The van der Waals surface area contributed by atoms with Gasteiger partial charge in [0.2, 0.25) is 0 Å². The fourth-order valence-electron chi connectivity index (χ4n) is 1.54. The molecule has 0 aliphatic heterocycles. The maximum atomic E-state index is 11.7. The lowest BCUT2D eigenvalue weighted by Gasteiger charge is -2.04. The van der Waals surface area contributed by atoms with E-state index in [1.165, 1.54) is 10.9 Å². The summed E-state index contributed by atoms with van der Waals surface area (Å²) in [6, 6.07) is 0. The van der Waals surface area contributed by atoms with E-state index in [4.69, 9.17) is 16.3 Å². The van der Waals surface area contributed by atoms with Crippen molar-refractivity contribution in [3.05, 3.63) is 27.1 Å². The number of pyridine rings is 1. The van der Waals surface area contributed by atoms with E-state index in [2.05, 4.69) is 10.1 Å². The molecule has 0 aliphatic rings. The minimum Gasteiger partial charge on any atom is -0.462 e. The molecular formula is C10H10ClN3O3. The lowest BCUT2D eigenvalue weighted by atomic mass is 10.2. The summed E-state index contributed by atoms with van der Waals surface area (Å²) < 4.78 is 6.24. The first kappa shape index (κ1) is 11.7. The van der Waals surface area contributed by atoms with Gasteiger partial charge in [-0.05, 0) is 6.92 Å². The molecule has 2 aromatic rings. The molecule has 2 heterocycles. The highest BCUT2D eigenvalue weighted by Crippen LogP contribution is 2.23. The smallest absolute Gasteiger partial charge is 0.345 e. The van der Waals surface area contributed by atoms with E-state index in [0.717, 1.165) is 0 Å². The second kappa shape index (κ2) is 4.21. The monoisotopic (exact) mass is 255 g/mol. The van der Waals surface area contributed by atoms with E-state index < -0.39 is 11.5 Å². The summed E-state index contributed by atoms with van der Waals surface area (Å²) in [6.45, 7) is 1.84. The zero-order valence-electron chi connectivity index (χ0n) is 9.28. The minimum atomic E-state index is -0.732. The molecule has 2 rings (SSSR count). The van der Waals surface area contributed by atoms with Crippen LogP contribution in [0.4, 0.5) is 0 Å². The summed E-state index contributed by atoms with van der Waals surface area (Å²) in [5, 5.41) is 4.53. The largest absolute Gasteiger partial charge is 0.462 e. The van der Waals surface area contributed by atoms with Crippen LogP contribution in [-0.2, 0) is 11.8 Å². The van der Waals surface area contributed by atoms with Crippen molar-refractivity contribution in [1.29, 1.82) is 0 Å². The Bertz CT molecular complexity index is 644. The molecule has 0 unspecified atom stereocenters. The van der Waals surface area contributed by atoms with Gasteiger partial charge in [0, 0.05) is 7.05 Å². The van der Waals surface area contributed by atoms with Crippen LogP contribution in [0, 0.1) is 0 Å². The second-order valence-electron chi connectivity index (χ2n) is 3.39. The number of nitrogens with zero attached hydrogens (tertiary/aromatic N) is 2. The molecular weight excluding hydrogens is 246 g/mol. The lowest BCUT2D eigenvalue weighted by molar-refractivity contribution is 0.0524. The second-order valence-corrected chi connectivity index (χ2v) is 3.77. The molecule has 0 fully saturated rings. The summed E-state index contributed by atoms with van der Waals surface area (Å²) >= 11 is 6.02. The van der Waals surface area contributed by atoms with Gasteiger partial charge in [-0.15, -0.1) is 0 Å². The molecule has 0 aromatic carbocycles. The van der Waals surface area contributed by atoms with Gasteiger partial charge >= 0.3 is 5.97 Å². The van der Waals surface area contributed by atoms with Crippen molar-refractivity contribution in [2.24, 2.45) is 7.05 Å². The maximum absolute atomic E-state index is 11.7. The van der Waals surface area contributed by atoms with Crippen molar-refractivity contribution < 1.29 is 9.53 Å². The molecule has 0 saturated carbocycles. The van der Waals surface area contributed by atoms with Gasteiger partial charge in [0.1, 0.15) is 11.2 Å². The van der Waals surface area contributed by atoms with Crippen LogP contribution in [0.3, 0.4) is 0 Å². The number of hydrogen-bond acceptors (Lipinski definition) is 4. The van der Waals surface area contributed by atoms with Crippen LogP contribution < -0.4 is 5.56 Å². The van der Waals surface area contributed by atoms with Gasteiger partial charge in [-0.3, -0.25) is 9.48 Å². The molecule has 0 bridgehead atoms. The Hall–Kier alpha value is -1.82. The normalized spacial score (nSPS) is 10.8. The first-order valence-electron chi connectivity index (χ1n) is 4.96. The van der Waals surface area contributed by atoms with Gasteiger partial charge in [-0.25, -0.2) is 4.79 Å². The topological polar surface area (TPSA) is 77.0 Å². The number of carbonyl (C=O) groups is 1. The van der Waals surface area contributed by atoms with E-state index in [0.29, 0.717) is 11.0 Å². The van der Waals surface area contributed by atoms with Gasteiger partial charge in [0.25, 0.3) is 5.56 Å². The minimum absolute atomic E-state index is 0.0651. The van der Waals surface area contributed by atoms with Crippen LogP contribution in [0.1, 0.15) is 17.3 Å². The zero-order valence-corrected chi connectivity index (χ0v) is 10.0. The molecule has 2 aromatic heterocycles. The first-order chi connectivity index (χ1) is 8.06. The standard InChI is InChI=1S/C10H10ClN3O3/c1-3-17-10(16)6-7(11)5-4-12-14(2)8(5)13-9(6)15/h4H,3H2,1-2H3,(H,13,15). The number of fused-ring (bicyclic) bond motifs is 1. The Kier molecular flexibility index (Phi) is 2.89. The fourth-order valence-corrected chi connectivity index (χ4v) is 1.84. The number of ether oxygens (including phenoxy) is 1. The molecule has 17 heavy (non-hydrogen) atoms. The van der Waals surface area contributed by atoms with Crippen molar-refractivity contribution in [2.45, 2.75) is 6.92 Å². The number of nitrogens with one attached hydrogen (secondary N) is 1. The van der Waals surface area contributed by atoms with Crippen LogP contribution in [0.25, 0.3) is 11.0 Å². The molecule has 0 saturated heterocycles. The van der Waals surface area contributed by atoms with Crippen LogP contribution in [-0.4, -0.2) is 27.3 Å². The van der Waals surface area contributed by atoms with Gasteiger partial charge in [0.15, 0.2) is 0 Å². The van der Waals surface area contributed by atoms with E-state index in [-0.39, 0.29) is 17.2 Å². The average molecular weight is 256 g/mol. The number of hydrogen-bond donors (Lipinski definition) is 1. The van der Waals surface area contributed by atoms with Gasteiger partial charge in [-0.2, -0.15) is 5.10 Å². The number of H-pyrrole nitrogens is 1. The van der Waals surface area contributed by atoms with E-state index in [1.54, 1.807) is 14.0 Å². The molecule has 6 nitrogen and oxygen atoms in total. The Labute approximate surface area is 101 Å². The summed E-state index contributed by atoms with van der Waals surface area (Å²) in [5.74, 6) is -0.732. The Morgan fingerprint density at radius 3 is 3.00 bits per heavy atom. The average Bonchev–Trinajstić information content (AvgIpc) is 2.61. The molecule has 90 valence electrons. The highest BCUT2D eigenvalue weighted by molar-refractivity contribution is 6.38. The fraction of sp³-hybridized carbons (Fsp3) is 0.300. The van der Waals surface area contributed by atoms with E-state index in [1.807, 2.05) is 0 Å². The van der Waals surface area contributed by atoms with Crippen molar-refractivity contribution in [2.75, 3.05) is 6.61 Å². The summed E-state index contributed by atoms with van der Waals surface area (Å²) in [4.78, 5) is 25.9. The quantitative estimate of drug-likeness (QED) is 0.815. The van der Waals surface area contributed by atoms with Crippen molar-refractivity contribution in [3.63, 3.8) is 0 Å². The number of esters is 1. The molecule has 0 spiro atoms. The van der Waals surface area contributed by atoms with Crippen LogP contribution >= 0.6 is 11.6 Å².